The van der Waals surface area contributed by atoms with E-state index in [1.54, 1.807) is 0 Å². The number of alkyl carbamates (subject to hydrolysis) is 1. The van der Waals surface area contributed by atoms with Gasteiger partial charge in [-0.3, -0.25) is 14.8 Å². The Morgan fingerprint density at radius 1 is 0.925 bits per heavy atom. The van der Waals surface area contributed by atoms with Crippen LogP contribution in [0.1, 0.15) is 72.1 Å². The molecule has 2 aromatic rings. The smallest absolute Gasteiger partial charge is 0.407 e. The minimum absolute atomic E-state index is 0.0376. The highest BCUT2D eigenvalue weighted by Crippen LogP contribution is 2.45. The average Bonchev–Trinajstić information content (AvgIpc) is 3.06. The molecule has 8 N–H and O–H groups in total. The van der Waals surface area contributed by atoms with Crippen LogP contribution in [-0.2, 0) is 25.0 Å². The highest BCUT2D eigenvalue weighted by atomic mass is 32.2. The lowest BCUT2D eigenvalue weighted by atomic mass is 9.89. The molecule has 0 spiro atoms. The fourth-order valence-corrected chi connectivity index (χ4v) is 7.74. The van der Waals surface area contributed by atoms with Gasteiger partial charge in [-0.25, -0.2) is 18.0 Å². The number of carbonyl (C=O) groups is 3. The quantitative estimate of drug-likeness (QED) is 0.0398. The molecule has 1 atom stereocenters. The number of nitrogens with two attached hydrogens (primary N) is 2. The molecule has 1 unspecified atom stereocenters. The highest BCUT2D eigenvalue weighted by Gasteiger charge is 2.32. The second-order valence-corrected chi connectivity index (χ2v) is 15.1. The Kier molecular flexibility index (Phi) is 11.9. The van der Waals surface area contributed by atoms with Crippen molar-refractivity contribution >= 4 is 54.9 Å². The van der Waals surface area contributed by atoms with Crippen molar-refractivity contribution in [3.63, 3.8) is 0 Å². The molecule has 0 saturated heterocycles. The molecule has 2 aromatic carbocycles. The molecule has 16 nitrogen and oxygen atoms in total. The largest absolute Gasteiger partial charge is 0.744 e. The lowest BCUT2D eigenvalue weighted by Gasteiger charge is -2.21. The van der Waals surface area contributed by atoms with Crippen molar-refractivity contribution < 1.29 is 60.0 Å². The number of allylic oxidation sites excluding steroid dienone is 2. The number of ether oxygens (including phenoxy) is 1. The maximum absolute atomic E-state index is 13.1. The molecule has 0 bridgehead atoms. The van der Waals surface area contributed by atoms with Crippen LogP contribution >= 0.6 is 0 Å². The van der Waals surface area contributed by atoms with E-state index in [0.717, 1.165) is 50.3 Å². The van der Waals surface area contributed by atoms with Crippen LogP contribution in [0.25, 0.3) is 33.4 Å². The zero-order valence-corrected chi connectivity index (χ0v) is 29.9. The van der Waals surface area contributed by atoms with E-state index in [1.807, 2.05) is 0 Å². The van der Waals surface area contributed by atoms with E-state index in [1.165, 1.54) is 24.3 Å². The van der Waals surface area contributed by atoms with Crippen LogP contribution in [0.2, 0.25) is 0 Å². The van der Waals surface area contributed by atoms with Crippen LogP contribution in [0.15, 0.2) is 68.8 Å². The fraction of sp³-hybridized carbons (Fsp3) is 0.314. The van der Waals surface area contributed by atoms with E-state index < -0.39 is 75.9 Å². The Hall–Kier alpha value is -5.30. The molecule has 282 valence electrons. The number of carboxylic acids is 1. The van der Waals surface area contributed by atoms with E-state index in [9.17, 15) is 45.4 Å². The number of hydrogen-bond acceptors (Lipinski definition) is 11. The minimum Gasteiger partial charge on any atom is -0.744 e. The van der Waals surface area contributed by atoms with Gasteiger partial charge in [0.15, 0.2) is 11.3 Å². The Bertz CT molecular complexity index is 2350. The number of nitrogen functional groups attached to an aromatic ring is 1. The van der Waals surface area contributed by atoms with Crippen molar-refractivity contribution in [2.45, 2.75) is 67.3 Å². The second-order valence-electron chi connectivity index (χ2n) is 12.4. The number of nitrogens with one attached hydrogen (secondary N) is 2. The third-order valence-electron chi connectivity index (χ3n) is 8.72. The molecular weight excluding hydrogens is 733 g/mol. The standard InChI is InChI=1S/C35H38N4O12S2/c36-26-15-13-23-28(24-14-16-27(37)32(53(47,48)49)30(24)51-29(23)31(26)52(44,45)46)22-12-11-20(19-25(22)34(41)42)33(40)38-17-7-4-8-18-39-35(43)50-21-9-5-2-1-3-6-10-21/h1-2,11-16,19,21,36H,3-10,17-18,37H2,(H,38,40)(H,39,43)(H,41,42)(H,44,45,46)(H,47,48,49). The summed E-state index contributed by atoms with van der Waals surface area (Å²) in [6, 6.07) is 8.37. The first-order valence-corrected chi connectivity index (χ1v) is 19.5. The summed E-state index contributed by atoms with van der Waals surface area (Å²) in [4.78, 5) is 35.9. The third-order valence-corrected chi connectivity index (χ3v) is 10.6. The number of carbonyl (C=O) groups excluding carboxylic acids is 2. The Morgan fingerprint density at radius 3 is 2.32 bits per heavy atom. The van der Waals surface area contributed by atoms with Crippen molar-refractivity contribution in [2.75, 3.05) is 18.8 Å². The Morgan fingerprint density at radius 2 is 1.62 bits per heavy atom. The molecular formula is C35H38N4O12S2. The fourth-order valence-electron chi connectivity index (χ4n) is 6.25. The summed E-state index contributed by atoms with van der Waals surface area (Å²) in [5, 5.41) is 20.9. The highest BCUT2D eigenvalue weighted by molar-refractivity contribution is 7.86. The first kappa shape index (κ1) is 38.9. The lowest BCUT2D eigenvalue weighted by molar-refractivity contribution is -0.176. The van der Waals surface area contributed by atoms with Gasteiger partial charge in [0.25, 0.3) is 5.91 Å². The van der Waals surface area contributed by atoms with Gasteiger partial charge < -0.3 is 35.2 Å². The summed E-state index contributed by atoms with van der Waals surface area (Å²) in [5.41, 5.74) is 3.72. The van der Waals surface area contributed by atoms with Gasteiger partial charge in [-0.05, 0) is 87.3 Å². The molecule has 2 amide bonds. The number of unbranched alkanes of at least 4 members (excludes halogenated alkanes) is 2. The molecule has 1 aliphatic heterocycles. The van der Waals surface area contributed by atoms with Crippen molar-refractivity contribution in [3.8, 4) is 22.5 Å². The monoisotopic (exact) mass is 770 g/mol. The zero-order chi connectivity index (χ0) is 38.5. The average molecular weight is 771 g/mol. The maximum Gasteiger partial charge on any atom is 0.407 e. The number of benzene rings is 3. The molecule has 2 aliphatic carbocycles. The first-order valence-electron chi connectivity index (χ1n) is 16.7. The van der Waals surface area contributed by atoms with Crippen molar-refractivity contribution in [1.82, 2.24) is 10.6 Å². The number of carboxylic acid groups (broad SMARTS) is 1. The molecule has 0 saturated carbocycles. The number of aromatic carboxylic acids is 1. The van der Waals surface area contributed by atoms with Crippen LogP contribution < -0.4 is 27.1 Å². The molecule has 53 heavy (non-hydrogen) atoms. The Labute approximate surface area is 304 Å². The van der Waals surface area contributed by atoms with Gasteiger partial charge in [-0.15, -0.1) is 0 Å². The van der Waals surface area contributed by atoms with Crippen LogP contribution in [0.3, 0.4) is 0 Å². The van der Waals surface area contributed by atoms with Crippen LogP contribution in [0.4, 0.5) is 10.5 Å². The molecule has 18 heteroatoms. The normalized spacial score (nSPS) is 15.1. The summed E-state index contributed by atoms with van der Waals surface area (Å²) < 4.78 is 83.0. The number of rotatable bonds is 12. The van der Waals surface area contributed by atoms with Gasteiger partial charge in [0.05, 0.1) is 11.3 Å². The molecule has 0 aromatic heterocycles. The van der Waals surface area contributed by atoms with Crippen molar-refractivity contribution in [3.05, 3.63) is 71.1 Å². The predicted molar refractivity (Wildman–Crippen MR) is 189 cm³/mol. The maximum atomic E-state index is 13.1. The molecule has 1 heterocycles. The number of anilines is 1. The van der Waals surface area contributed by atoms with E-state index in [4.69, 9.17) is 20.3 Å². The second kappa shape index (κ2) is 16.2. The SMILES string of the molecule is Nc1ccc2c(-c3ccc(C(=O)NCCCCCNC(=O)OC4CCC=CCCC4)cc3C(=O)O)c3ccc(=[NH2+])c(S(=O)(=O)O)c-3oc2c1S(=O)(=O)[O-]. The van der Waals surface area contributed by atoms with Gasteiger partial charge in [0.1, 0.15) is 21.1 Å². The summed E-state index contributed by atoms with van der Waals surface area (Å²) in [7, 11) is -10.5. The summed E-state index contributed by atoms with van der Waals surface area (Å²) in [5.74, 6) is -2.78. The van der Waals surface area contributed by atoms with Gasteiger partial charge in [-0.2, -0.15) is 8.42 Å². The van der Waals surface area contributed by atoms with Crippen LogP contribution in [0, 0.1) is 0 Å². The molecule has 5 rings (SSSR count). The topological polar surface area (TPSA) is 281 Å². The number of hydrogen-bond donors (Lipinski definition) is 6. The minimum atomic E-state index is -5.37. The number of amides is 2. The molecule has 0 fully saturated rings. The van der Waals surface area contributed by atoms with Gasteiger partial charge in [0.2, 0.25) is 10.3 Å². The predicted octanol–water partition coefficient (Wildman–Crippen LogP) is 2.81. The van der Waals surface area contributed by atoms with Gasteiger partial charge >= 0.3 is 22.2 Å². The lowest BCUT2D eigenvalue weighted by Crippen LogP contribution is -2.47. The van der Waals surface area contributed by atoms with Crippen LogP contribution in [0.5, 0.6) is 0 Å². The zero-order valence-electron chi connectivity index (χ0n) is 28.3. The van der Waals surface area contributed by atoms with E-state index in [2.05, 4.69) is 22.8 Å². The summed E-state index contributed by atoms with van der Waals surface area (Å²) in [6.07, 6.45) is 9.93. The molecule has 3 aliphatic rings. The Balaban J connectivity index is 1.36. The number of fused-ring (bicyclic) bond motifs is 2. The first-order chi connectivity index (χ1) is 25.1. The van der Waals surface area contributed by atoms with E-state index >= 15 is 0 Å². The van der Waals surface area contributed by atoms with Gasteiger partial charge in [0, 0.05) is 41.2 Å². The summed E-state index contributed by atoms with van der Waals surface area (Å²) >= 11 is 0. The van der Waals surface area contributed by atoms with Crippen molar-refractivity contribution in [2.24, 2.45) is 0 Å². The van der Waals surface area contributed by atoms with E-state index in [0.29, 0.717) is 25.8 Å². The van der Waals surface area contributed by atoms with Crippen LogP contribution in [-0.4, -0.2) is 68.2 Å². The van der Waals surface area contributed by atoms with E-state index in [-0.39, 0.29) is 40.3 Å². The third kappa shape index (κ3) is 9.02. The summed E-state index contributed by atoms with van der Waals surface area (Å²) in [6.45, 7) is 0.637. The van der Waals surface area contributed by atoms with Crippen molar-refractivity contribution in [1.29, 1.82) is 0 Å². The molecule has 0 radical (unpaired) electrons. The van der Waals surface area contributed by atoms with Gasteiger partial charge in [-0.1, -0.05) is 18.2 Å².